The fraction of sp³-hybridized carbons (Fsp3) is 0. The van der Waals surface area contributed by atoms with Gasteiger partial charge in [-0.3, -0.25) is 10.1 Å². The highest BCUT2D eigenvalue weighted by atomic mass is 79.9. The van der Waals surface area contributed by atoms with Crippen molar-refractivity contribution in [3.8, 4) is 0 Å². The molecule has 0 radical (unpaired) electrons. The summed E-state index contributed by atoms with van der Waals surface area (Å²) >= 11 is 3.20. The number of pyridine rings is 1. The molecule has 0 fully saturated rings. The van der Waals surface area contributed by atoms with E-state index in [2.05, 4.69) is 20.9 Å². The summed E-state index contributed by atoms with van der Waals surface area (Å²) in [5, 5.41) is 11.4. The summed E-state index contributed by atoms with van der Waals surface area (Å²) in [6.45, 7) is 0. The smallest absolute Gasteiger partial charge is 0.258 e. The zero-order valence-corrected chi connectivity index (χ0v) is 8.56. The molecule has 0 bridgehead atoms. The van der Waals surface area contributed by atoms with Crippen LogP contribution in [0, 0.1) is 10.1 Å². The predicted molar refractivity (Wildman–Crippen MR) is 56.1 cm³/mol. The van der Waals surface area contributed by atoms with E-state index in [9.17, 15) is 10.1 Å². The molecular formula is C9H5BrN2O2. The monoisotopic (exact) mass is 252 g/mol. The molecule has 4 nitrogen and oxygen atoms in total. The molecule has 0 unspecified atom stereocenters. The van der Waals surface area contributed by atoms with E-state index >= 15 is 0 Å². The third-order valence-electron chi connectivity index (χ3n) is 1.89. The van der Waals surface area contributed by atoms with Gasteiger partial charge in [-0.1, -0.05) is 18.2 Å². The first kappa shape index (κ1) is 9.08. The van der Waals surface area contributed by atoms with Crippen LogP contribution in [-0.2, 0) is 0 Å². The molecule has 0 aliphatic heterocycles. The van der Waals surface area contributed by atoms with Crippen molar-refractivity contribution in [3.63, 3.8) is 0 Å². The Kier molecular flexibility index (Phi) is 2.17. The molecule has 0 N–H and O–H groups in total. The Bertz CT molecular complexity index is 513. The third kappa shape index (κ3) is 1.35. The quantitative estimate of drug-likeness (QED) is 0.579. The van der Waals surface area contributed by atoms with Crippen LogP contribution in [0.25, 0.3) is 10.9 Å². The molecule has 14 heavy (non-hydrogen) atoms. The van der Waals surface area contributed by atoms with Gasteiger partial charge in [0.1, 0.15) is 10.7 Å². The number of hydrogen-bond acceptors (Lipinski definition) is 3. The number of benzene rings is 1. The lowest BCUT2D eigenvalue weighted by molar-refractivity contribution is -0.385. The Balaban J connectivity index is 2.81. The van der Waals surface area contributed by atoms with Gasteiger partial charge >= 0.3 is 5.69 Å². The number of hydrogen-bond donors (Lipinski definition) is 0. The van der Waals surface area contributed by atoms with Crippen LogP contribution in [0.15, 0.2) is 34.9 Å². The molecule has 0 saturated carbocycles. The molecule has 2 rings (SSSR count). The van der Waals surface area contributed by atoms with Gasteiger partial charge in [-0.2, -0.15) is 0 Å². The van der Waals surface area contributed by atoms with Gasteiger partial charge in [-0.05, 0) is 22.0 Å². The Labute approximate surface area is 87.9 Å². The van der Waals surface area contributed by atoms with E-state index in [0.29, 0.717) is 4.47 Å². The van der Waals surface area contributed by atoms with Crippen molar-refractivity contribution in [2.75, 3.05) is 0 Å². The molecule has 0 aliphatic carbocycles. The second kappa shape index (κ2) is 3.34. The number of nitrogens with zero attached hydrogens (tertiary/aromatic N) is 2. The first-order chi connectivity index (χ1) is 6.70. The van der Waals surface area contributed by atoms with Crippen LogP contribution >= 0.6 is 15.9 Å². The second-order valence-electron chi connectivity index (χ2n) is 2.73. The summed E-state index contributed by atoms with van der Waals surface area (Å²) in [6, 6.07) is 7.26. The second-order valence-corrected chi connectivity index (χ2v) is 3.52. The fourth-order valence-electron chi connectivity index (χ4n) is 1.22. The molecular weight excluding hydrogens is 248 g/mol. The van der Waals surface area contributed by atoms with Crippen LogP contribution in [0.2, 0.25) is 0 Å². The Morgan fingerprint density at radius 1 is 1.36 bits per heavy atom. The van der Waals surface area contributed by atoms with E-state index in [0.717, 1.165) is 10.9 Å². The normalized spacial score (nSPS) is 10.4. The van der Waals surface area contributed by atoms with Gasteiger partial charge < -0.3 is 0 Å². The topological polar surface area (TPSA) is 56.0 Å². The van der Waals surface area contributed by atoms with Gasteiger partial charge in [-0.15, -0.1) is 0 Å². The lowest BCUT2D eigenvalue weighted by Crippen LogP contribution is -1.91. The minimum Gasteiger partial charge on any atom is -0.258 e. The summed E-state index contributed by atoms with van der Waals surface area (Å²) in [4.78, 5) is 14.1. The summed E-state index contributed by atoms with van der Waals surface area (Å²) < 4.78 is 0.480. The van der Waals surface area contributed by atoms with E-state index < -0.39 is 4.92 Å². The number of para-hydroxylation sites is 1. The molecule has 1 aromatic heterocycles. The third-order valence-corrected chi connectivity index (χ3v) is 2.72. The van der Waals surface area contributed by atoms with E-state index in [-0.39, 0.29) is 5.69 Å². The minimum atomic E-state index is -0.455. The van der Waals surface area contributed by atoms with Crippen LogP contribution in [0.1, 0.15) is 0 Å². The zero-order valence-electron chi connectivity index (χ0n) is 6.98. The van der Waals surface area contributed by atoms with Gasteiger partial charge in [0, 0.05) is 5.39 Å². The summed E-state index contributed by atoms with van der Waals surface area (Å²) in [5.74, 6) is 0. The molecule has 0 atom stereocenters. The average Bonchev–Trinajstić information content (AvgIpc) is 2.18. The maximum absolute atomic E-state index is 10.6. The van der Waals surface area contributed by atoms with Gasteiger partial charge in [0.2, 0.25) is 0 Å². The van der Waals surface area contributed by atoms with Crippen molar-refractivity contribution in [3.05, 3.63) is 45.0 Å². The van der Waals surface area contributed by atoms with Crippen molar-refractivity contribution >= 4 is 32.5 Å². The highest BCUT2D eigenvalue weighted by Crippen LogP contribution is 2.30. The number of rotatable bonds is 1. The van der Waals surface area contributed by atoms with Gasteiger partial charge in [0.15, 0.2) is 0 Å². The summed E-state index contributed by atoms with van der Waals surface area (Å²) in [6.07, 6.45) is 1.26. The molecule has 0 saturated heterocycles. The maximum Gasteiger partial charge on any atom is 0.302 e. The Morgan fingerprint density at radius 3 is 2.79 bits per heavy atom. The first-order valence-electron chi connectivity index (χ1n) is 3.88. The number of aromatic nitrogens is 1. The van der Waals surface area contributed by atoms with Crippen LogP contribution < -0.4 is 0 Å². The largest absolute Gasteiger partial charge is 0.302 e. The van der Waals surface area contributed by atoms with Crippen molar-refractivity contribution in [1.82, 2.24) is 4.98 Å². The minimum absolute atomic E-state index is 0.0105. The number of nitro groups is 1. The lowest BCUT2D eigenvalue weighted by atomic mass is 10.2. The van der Waals surface area contributed by atoms with Crippen LogP contribution in [-0.4, -0.2) is 9.91 Å². The molecule has 0 spiro atoms. The van der Waals surface area contributed by atoms with E-state index in [1.165, 1.54) is 6.20 Å². The Morgan fingerprint density at radius 2 is 2.07 bits per heavy atom. The highest BCUT2D eigenvalue weighted by Gasteiger charge is 2.14. The van der Waals surface area contributed by atoms with Crippen molar-refractivity contribution in [2.45, 2.75) is 0 Å². The van der Waals surface area contributed by atoms with Gasteiger partial charge in [0.25, 0.3) is 0 Å². The highest BCUT2D eigenvalue weighted by molar-refractivity contribution is 9.10. The molecule has 70 valence electrons. The Hall–Kier alpha value is -1.49. The van der Waals surface area contributed by atoms with Crippen molar-refractivity contribution in [2.24, 2.45) is 0 Å². The fourth-order valence-corrected chi connectivity index (χ4v) is 1.81. The standard InChI is InChI=1S/C9H5BrN2O2/c10-9-6-3-1-2-4-7(6)11-5-8(9)12(13)14/h1-5H. The molecule has 1 heterocycles. The summed E-state index contributed by atoms with van der Waals surface area (Å²) in [5.41, 5.74) is 0.730. The number of fused-ring (bicyclic) bond motifs is 1. The predicted octanol–water partition coefficient (Wildman–Crippen LogP) is 2.91. The lowest BCUT2D eigenvalue weighted by Gasteiger charge is -1.99. The van der Waals surface area contributed by atoms with Crippen molar-refractivity contribution in [1.29, 1.82) is 0 Å². The van der Waals surface area contributed by atoms with Gasteiger partial charge in [-0.25, -0.2) is 4.98 Å². The molecule has 0 aliphatic rings. The van der Waals surface area contributed by atoms with Crippen molar-refractivity contribution < 1.29 is 4.92 Å². The van der Waals surface area contributed by atoms with Crippen LogP contribution in [0.5, 0.6) is 0 Å². The van der Waals surface area contributed by atoms with Crippen LogP contribution in [0.3, 0.4) is 0 Å². The molecule has 2 aromatic rings. The zero-order chi connectivity index (χ0) is 10.1. The molecule has 0 amide bonds. The average molecular weight is 253 g/mol. The van der Waals surface area contributed by atoms with Crippen LogP contribution in [0.4, 0.5) is 5.69 Å². The van der Waals surface area contributed by atoms with E-state index in [1.807, 2.05) is 18.2 Å². The SMILES string of the molecule is O=[N+]([O-])c1cnc2ccccc2c1Br. The summed E-state index contributed by atoms with van der Waals surface area (Å²) in [7, 11) is 0. The first-order valence-corrected chi connectivity index (χ1v) is 4.67. The van der Waals surface area contributed by atoms with E-state index in [4.69, 9.17) is 0 Å². The van der Waals surface area contributed by atoms with Gasteiger partial charge in [0.05, 0.1) is 10.4 Å². The number of halogens is 1. The maximum atomic E-state index is 10.6. The van der Waals surface area contributed by atoms with E-state index in [1.54, 1.807) is 6.07 Å². The molecule has 1 aromatic carbocycles. The molecule has 5 heteroatoms.